The molecule has 0 aromatic heterocycles. The summed E-state index contributed by atoms with van der Waals surface area (Å²) in [6.07, 6.45) is 2.84. The Kier molecular flexibility index (Phi) is 9.75. The van der Waals surface area contributed by atoms with Gasteiger partial charge in [-0.05, 0) is 84.3 Å². The molecule has 6 N–H and O–H groups in total. The number of carbonyl (C=O) groups is 2. The number of allylic oxidation sites excluding steroid dienone is 4. The molecule has 0 heterocycles. The van der Waals surface area contributed by atoms with Crippen molar-refractivity contribution in [2.24, 2.45) is 11.8 Å². The first-order chi connectivity index (χ1) is 24.6. The first kappa shape index (κ1) is 36.4. The maximum Gasteiger partial charge on any atom is 0.229 e. The Morgan fingerprint density at radius 1 is 0.577 bits per heavy atom. The van der Waals surface area contributed by atoms with Gasteiger partial charge in [-0.25, -0.2) is 0 Å². The Hall–Kier alpha value is -5.44. The normalized spacial score (nSPS) is 16.0. The third-order valence-corrected chi connectivity index (χ3v) is 9.84. The maximum atomic E-state index is 13.8. The molecule has 0 amide bonds. The molecule has 4 aromatic rings. The number of halogens is 2. The Labute approximate surface area is 312 Å². The molecule has 0 saturated heterocycles. The lowest BCUT2D eigenvalue weighted by Crippen LogP contribution is -2.20. The summed E-state index contributed by atoms with van der Waals surface area (Å²) in [6.45, 7) is 10.9. The van der Waals surface area contributed by atoms with Crippen LogP contribution in [0.2, 0.25) is 10.0 Å². The number of benzene rings is 4. The van der Waals surface area contributed by atoms with Crippen molar-refractivity contribution in [3.05, 3.63) is 128 Å². The number of carbonyl (C=O) groups excluding carboxylic acids is 2. The predicted octanol–water partition coefficient (Wildman–Crippen LogP) is 10.6. The zero-order valence-corrected chi connectivity index (χ0v) is 31.0. The second-order valence-corrected chi connectivity index (χ2v) is 14.5. The molecule has 0 spiro atoms. The number of ketones is 2. The summed E-state index contributed by atoms with van der Waals surface area (Å²) in [4.78, 5) is 27.7. The zero-order valence-electron chi connectivity index (χ0n) is 29.4. The van der Waals surface area contributed by atoms with Crippen LogP contribution in [0.25, 0.3) is 33.4 Å². The number of hydrogen-bond donors (Lipinski definition) is 6. The molecule has 266 valence electrons. The minimum absolute atomic E-state index is 0.00200. The SMILES string of the molecule is Cc1cc2c(c(O)c1-c1c(C)cc3c(c1O)C(=CNc1cccc(Cl)c1)C(=O)C(O)=C3C(C)C)C(=CNc1cccc(Cl)c1)C(=O)C(O)=C2C(C)C. The predicted molar refractivity (Wildman–Crippen MR) is 210 cm³/mol. The second kappa shape index (κ2) is 13.9. The molecule has 0 aliphatic heterocycles. The fourth-order valence-electron chi connectivity index (χ4n) is 7.10. The third kappa shape index (κ3) is 6.22. The third-order valence-electron chi connectivity index (χ3n) is 9.37. The highest BCUT2D eigenvalue weighted by molar-refractivity contribution is 6.35. The number of hydrogen-bond acceptors (Lipinski definition) is 8. The van der Waals surface area contributed by atoms with E-state index in [9.17, 15) is 30.0 Å². The van der Waals surface area contributed by atoms with Gasteiger partial charge in [-0.1, -0.05) is 75.2 Å². The van der Waals surface area contributed by atoms with Gasteiger partial charge in [0.05, 0.1) is 11.1 Å². The molecular weight excluding hydrogens is 699 g/mol. The van der Waals surface area contributed by atoms with Gasteiger partial charge in [0, 0.05) is 67.2 Å². The van der Waals surface area contributed by atoms with Crippen LogP contribution in [0, 0.1) is 25.7 Å². The van der Waals surface area contributed by atoms with Crippen molar-refractivity contribution >= 4 is 68.4 Å². The van der Waals surface area contributed by atoms with E-state index in [0.29, 0.717) is 54.8 Å². The quantitative estimate of drug-likeness (QED) is 0.103. The van der Waals surface area contributed by atoms with Crippen LogP contribution in [0.1, 0.15) is 61.1 Å². The van der Waals surface area contributed by atoms with Crippen LogP contribution >= 0.6 is 23.2 Å². The number of aliphatic hydroxyl groups excluding tert-OH is 2. The fraction of sp³-hybridized carbons (Fsp3) is 0.190. The molecule has 2 aliphatic carbocycles. The highest BCUT2D eigenvalue weighted by Gasteiger charge is 2.38. The van der Waals surface area contributed by atoms with Crippen LogP contribution in [0.15, 0.2) is 84.6 Å². The highest BCUT2D eigenvalue weighted by atomic mass is 35.5. The number of aryl methyl sites for hydroxylation is 2. The summed E-state index contributed by atoms with van der Waals surface area (Å²) in [5, 5.41) is 54.1. The summed E-state index contributed by atoms with van der Waals surface area (Å²) in [6, 6.07) is 17.3. The lowest BCUT2D eigenvalue weighted by Gasteiger charge is -2.29. The smallest absolute Gasteiger partial charge is 0.229 e. The van der Waals surface area contributed by atoms with Crippen LogP contribution in [0.5, 0.6) is 11.5 Å². The fourth-order valence-corrected chi connectivity index (χ4v) is 7.48. The molecule has 0 atom stereocenters. The maximum absolute atomic E-state index is 13.8. The molecule has 0 saturated carbocycles. The Bertz CT molecular complexity index is 2170. The van der Waals surface area contributed by atoms with Gasteiger partial charge in [0.15, 0.2) is 11.5 Å². The number of fused-ring (bicyclic) bond motifs is 2. The average Bonchev–Trinajstić information content (AvgIpc) is 3.07. The molecule has 2 aliphatic rings. The van der Waals surface area contributed by atoms with Crippen LogP contribution in [-0.2, 0) is 9.59 Å². The van der Waals surface area contributed by atoms with Crippen LogP contribution in [0.4, 0.5) is 11.4 Å². The molecule has 10 heteroatoms. The van der Waals surface area contributed by atoms with Gasteiger partial charge in [0.25, 0.3) is 0 Å². The van der Waals surface area contributed by atoms with E-state index in [2.05, 4.69) is 10.6 Å². The highest BCUT2D eigenvalue weighted by Crippen LogP contribution is 2.53. The number of nitrogens with one attached hydrogen (secondary N) is 2. The van der Waals surface area contributed by atoms with Gasteiger partial charge in [0.2, 0.25) is 11.6 Å². The number of aliphatic hydroxyl groups is 2. The van der Waals surface area contributed by atoms with E-state index in [4.69, 9.17) is 23.2 Å². The first-order valence-electron chi connectivity index (χ1n) is 16.8. The molecule has 8 nitrogen and oxygen atoms in total. The minimum atomic E-state index is -0.688. The van der Waals surface area contributed by atoms with Crippen molar-refractivity contribution < 1.29 is 30.0 Å². The molecule has 6 rings (SSSR count). The molecule has 4 aromatic carbocycles. The molecule has 0 fully saturated rings. The molecule has 52 heavy (non-hydrogen) atoms. The zero-order chi connectivity index (χ0) is 37.8. The van der Waals surface area contributed by atoms with Crippen molar-refractivity contribution in [2.45, 2.75) is 41.5 Å². The number of aromatic hydroxyl groups is 2. The Balaban J connectivity index is 1.63. The summed E-state index contributed by atoms with van der Waals surface area (Å²) in [5.41, 5.74) is 4.77. The Morgan fingerprint density at radius 3 is 1.27 bits per heavy atom. The van der Waals surface area contributed by atoms with E-state index < -0.39 is 23.1 Å². The molecule has 0 bridgehead atoms. The van der Waals surface area contributed by atoms with Crippen molar-refractivity contribution in [3.8, 4) is 22.6 Å². The van der Waals surface area contributed by atoms with Gasteiger partial charge in [0.1, 0.15) is 11.5 Å². The minimum Gasteiger partial charge on any atom is -0.507 e. The van der Waals surface area contributed by atoms with Crippen molar-refractivity contribution in [3.63, 3.8) is 0 Å². The number of phenolic OH excluding ortho intramolecular Hbond substituents is 2. The second-order valence-electron chi connectivity index (χ2n) is 13.6. The number of phenols is 2. The lowest BCUT2D eigenvalue weighted by molar-refractivity contribution is -0.113. The van der Waals surface area contributed by atoms with Crippen LogP contribution in [0.3, 0.4) is 0 Å². The van der Waals surface area contributed by atoms with Crippen molar-refractivity contribution in [1.29, 1.82) is 0 Å². The van der Waals surface area contributed by atoms with Gasteiger partial charge < -0.3 is 31.1 Å². The standard InChI is InChI=1S/C42H38Cl2N2O6/c1-19(2)31-27-13-21(5)33(39(49)35(27)29(37(47)41(31)51)17-45-25-11-7-9-23(43)15-25)34-22(6)14-28-32(20(3)4)42(52)38(48)30(36(28)40(34)50)18-46-26-12-8-10-24(44)16-26/h7-20,45-46,49-52H,1-6H3. The van der Waals surface area contributed by atoms with E-state index in [1.54, 1.807) is 74.5 Å². The van der Waals surface area contributed by atoms with E-state index in [-0.39, 0.29) is 56.7 Å². The van der Waals surface area contributed by atoms with Crippen molar-refractivity contribution in [2.75, 3.05) is 10.6 Å². The summed E-state index contributed by atoms with van der Waals surface area (Å²) in [5.74, 6) is -3.37. The van der Waals surface area contributed by atoms with E-state index in [1.807, 2.05) is 27.7 Å². The lowest BCUT2D eigenvalue weighted by atomic mass is 9.75. The van der Waals surface area contributed by atoms with Gasteiger partial charge in [-0.2, -0.15) is 0 Å². The van der Waals surface area contributed by atoms with E-state index >= 15 is 0 Å². The van der Waals surface area contributed by atoms with E-state index in [1.165, 1.54) is 12.4 Å². The first-order valence-corrected chi connectivity index (χ1v) is 17.5. The van der Waals surface area contributed by atoms with Gasteiger partial charge in [-0.3, -0.25) is 9.59 Å². The topological polar surface area (TPSA) is 139 Å². The summed E-state index contributed by atoms with van der Waals surface area (Å²) < 4.78 is 0. The van der Waals surface area contributed by atoms with Crippen LogP contribution in [-0.4, -0.2) is 32.0 Å². The molecule has 0 radical (unpaired) electrons. The number of rotatable bonds is 7. The largest absolute Gasteiger partial charge is 0.507 e. The van der Waals surface area contributed by atoms with Crippen LogP contribution < -0.4 is 10.6 Å². The molecular formula is C42H38Cl2N2O6. The number of Topliss-reactive ketones (excluding diaryl/α,β-unsaturated/α-hetero) is 2. The summed E-state index contributed by atoms with van der Waals surface area (Å²) in [7, 11) is 0. The monoisotopic (exact) mass is 736 g/mol. The Morgan fingerprint density at radius 2 is 0.942 bits per heavy atom. The van der Waals surface area contributed by atoms with Crippen molar-refractivity contribution in [1.82, 2.24) is 0 Å². The summed E-state index contributed by atoms with van der Waals surface area (Å²) >= 11 is 12.4. The van der Waals surface area contributed by atoms with Gasteiger partial charge in [-0.15, -0.1) is 0 Å². The molecule has 0 unspecified atom stereocenters. The van der Waals surface area contributed by atoms with E-state index in [0.717, 1.165) is 0 Å². The van der Waals surface area contributed by atoms with Gasteiger partial charge >= 0.3 is 0 Å². The average molecular weight is 738 g/mol. The number of anilines is 2.